The Hall–Kier alpha value is -0.880. The van der Waals surface area contributed by atoms with Crippen molar-refractivity contribution in [2.24, 2.45) is 13.0 Å². The average molecular weight is 243 g/mol. The molecule has 0 saturated heterocycles. The molecule has 0 bridgehead atoms. The molecule has 90 valence electrons. The molecule has 1 heterocycles. The van der Waals surface area contributed by atoms with E-state index in [0.29, 0.717) is 12.5 Å². The Morgan fingerprint density at radius 1 is 1.56 bits per heavy atom. The van der Waals surface area contributed by atoms with Crippen LogP contribution in [0.2, 0.25) is 0 Å². The fourth-order valence-electron chi connectivity index (χ4n) is 1.56. The van der Waals surface area contributed by atoms with Crippen molar-refractivity contribution in [1.82, 2.24) is 14.5 Å². The summed E-state index contributed by atoms with van der Waals surface area (Å²) >= 11 is 0. The zero-order chi connectivity index (χ0) is 11.6. The topological polar surface area (TPSA) is 64.0 Å². The van der Waals surface area contributed by atoms with Crippen LogP contribution in [0.5, 0.6) is 0 Å². The number of hydrogen-bond donors (Lipinski definition) is 1. The van der Waals surface area contributed by atoms with Gasteiger partial charge in [-0.25, -0.2) is 13.1 Å². The van der Waals surface area contributed by atoms with Crippen molar-refractivity contribution in [2.45, 2.75) is 25.8 Å². The summed E-state index contributed by atoms with van der Waals surface area (Å²) in [5.41, 5.74) is 0.887. The van der Waals surface area contributed by atoms with Crippen molar-refractivity contribution in [1.29, 1.82) is 0 Å². The van der Waals surface area contributed by atoms with Gasteiger partial charge in [-0.1, -0.05) is 12.8 Å². The van der Waals surface area contributed by atoms with Crippen molar-refractivity contribution in [3.05, 3.63) is 18.0 Å². The Bertz CT molecular complexity index is 448. The van der Waals surface area contributed by atoms with Gasteiger partial charge >= 0.3 is 0 Å². The lowest BCUT2D eigenvalue weighted by Gasteiger charge is -2.04. The Morgan fingerprint density at radius 3 is 2.88 bits per heavy atom. The van der Waals surface area contributed by atoms with Crippen molar-refractivity contribution >= 4 is 10.0 Å². The molecule has 1 N–H and O–H groups in total. The third kappa shape index (κ3) is 3.61. The van der Waals surface area contributed by atoms with Gasteiger partial charge in [-0.3, -0.25) is 4.68 Å². The third-order valence-electron chi connectivity index (χ3n) is 2.75. The average Bonchev–Trinajstić information content (AvgIpc) is 2.96. The number of hydrogen-bond acceptors (Lipinski definition) is 3. The second-order valence-corrected chi connectivity index (χ2v) is 6.32. The molecule has 0 atom stereocenters. The molecule has 6 heteroatoms. The van der Waals surface area contributed by atoms with Crippen LogP contribution in [-0.4, -0.2) is 24.0 Å². The van der Waals surface area contributed by atoms with Crippen LogP contribution >= 0.6 is 0 Å². The highest BCUT2D eigenvalue weighted by molar-refractivity contribution is 7.89. The molecule has 1 aromatic rings. The van der Waals surface area contributed by atoms with Crippen molar-refractivity contribution in [2.75, 3.05) is 5.75 Å². The first-order valence-corrected chi connectivity index (χ1v) is 7.15. The first-order chi connectivity index (χ1) is 7.55. The first-order valence-electron chi connectivity index (χ1n) is 5.50. The van der Waals surface area contributed by atoms with E-state index < -0.39 is 10.0 Å². The SMILES string of the molecule is Cn1cc(CNS(=O)(=O)CCC2CC2)cn1. The predicted octanol–water partition coefficient (Wildman–Crippen LogP) is 0.640. The zero-order valence-corrected chi connectivity index (χ0v) is 10.2. The number of nitrogens with zero attached hydrogens (tertiary/aromatic N) is 2. The van der Waals surface area contributed by atoms with Gasteiger partial charge in [0.1, 0.15) is 0 Å². The first kappa shape index (κ1) is 11.6. The summed E-state index contributed by atoms with van der Waals surface area (Å²) in [5.74, 6) is 0.896. The third-order valence-corrected chi connectivity index (χ3v) is 4.10. The largest absolute Gasteiger partial charge is 0.275 e. The maximum absolute atomic E-state index is 11.6. The molecule has 0 spiro atoms. The Balaban J connectivity index is 1.78. The molecule has 16 heavy (non-hydrogen) atoms. The molecule has 2 rings (SSSR count). The normalized spacial score (nSPS) is 16.6. The predicted molar refractivity (Wildman–Crippen MR) is 61.2 cm³/mol. The molecule has 1 aliphatic rings. The van der Waals surface area contributed by atoms with E-state index in [1.807, 2.05) is 13.2 Å². The molecule has 0 aliphatic heterocycles. The fraction of sp³-hybridized carbons (Fsp3) is 0.700. The molecular weight excluding hydrogens is 226 g/mol. The quantitative estimate of drug-likeness (QED) is 0.797. The van der Waals surface area contributed by atoms with Crippen molar-refractivity contribution in [3.8, 4) is 0 Å². The van der Waals surface area contributed by atoms with E-state index in [1.165, 1.54) is 12.8 Å². The van der Waals surface area contributed by atoms with Gasteiger partial charge in [-0.15, -0.1) is 0 Å². The Kier molecular flexibility index (Phi) is 3.30. The number of nitrogens with one attached hydrogen (secondary N) is 1. The molecule has 1 aliphatic carbocycles. The summed E-state index contributed by atoms with van der Waals surface area (Å²) in [5, 5.41) is 3.98. The van der Waals surface area contributed by atoms with Gasteiger partial charge in [0.25, 0.3) is 0 Å². The monoisotopic (exact) mass is 243 g/mol. The van der Waals surface area contributed by atoms with Gasteiger partial charge in [0, 0.05) is 25.4 Å². The summed E-state index contributed by atoms with van der Waals surface area (Å²) < 4.78 is 27.5. The maximum Gasteiger partial charge on any atom is 0.211 e. The van der Waals surface area contributed by atoms with E-state index in [0.717, 1.165) is 12.0 Å². The highest BCUT2D eigenvalue weighted by Crippen LogP contribution is 2.32. The van der Waals surface area contributed by atoms with Gasteiger partial charge in [0.2, 0.25) is 10.0 Å². The lowest BCUT2D eigenvalue weighted by atomic mass is 10.3. The van der Waals surface area contributed by atoms with Gasteiger partial charge in [0.15, 0.2) is 0 Å². The number of sulfonamides is 1. The van der Waals surface area contributed by atoms with Crippen LogP contribution in [0.25, 0.3) is 0 Å². The van der Waals surface area contributed by atoms with Crippen LogP contribution < -0.4 is 4.72 Å². The van der Waals surface area contributed by atoms with Crippen LogP contribution in [0, 0.1) is 5.92 Å². The van der Waals surface area contributed by atoms with E-state index in [1.54, 1.807) is 10.9 Å². The van der Waals surface area contributed by atoms with Crippen LogP contribution in [0.3, 0.4) is 0 Å². The minimum atomic E-state index is -3.11. The van der Waals surface area contributed by atoms with E-state index in [9.17, 15) is 8.42 Å². The molecule has 0 unspecified atom stereocenters. The maximum atomic E-state index is 11.6. The van der Waals surface area contributed by atoms with Crippen molar-refractivity contribution < 1.29 is 8.42 Å². The fourth-order valence-corrected chi connectivity index (χ4v) is 2.73. The summed E-state index contributed by atoms with van der Waals surface area (Å²) in [6, 6.07) is 0. The smallest absolute Gasteiger partial charge is 0.211 e. The number of rotatable bonds is 6. The van der Waals surface area contributed by atoms with Crippen molar-refractivity contribution in [3.63, 3.8) is 0 Å². The van der Waals surface area contributed by atoms with E-state index in [2.05, 4.69) is 9.82 Å². The van der Waals surface area contributed by atoms with Gasteiger partial charge in [-0.05, 0) is 12.3 Å². The van der Waals surface area contributed by atoms with Gasteiger partial charge in [0.05, 0.1) is 11.9 Å². The van der Waals surface area contributed by atoms with Gasteiger partial charge in [-0.2, -0.15) is 5.10 Å². The number of aromatic nitrogens is 2. The molecule has 0 amide bonds. The Morgan fingerprint density at radius 2 is 2.31 bits per heavy atom. The molecular formula is C10H17N3O2S. The summed E-state index contributed by atoms with van der Waals surface area (Å²) in [6.07, 6.45) is 6.66. The number of aryl methyl sites for hydroxylation is 1. The summed E-state index contributed by atoms with van der Waals surface area (Å²) in [7, 11) is -1.30. The molecule has 0 radical (unpaired) electrons. The molecule has 5 nitrogen and oxygen atoms in total. The van der Waals surface area contributed by atoms with Crippen LogP contribution in [0.15, 0.2) is 12.4 Å². The minimum absolute atomic E-state index is 0.248. The minimum Gasteiger partial charge on any atom is -0.275 e. The second kappa shape index (κ2) is 4.55. The van der Waals surface area contributed by atoms with E-state index in [4.69, 9.17) is 0 Å². The van der Waals surface area contributed by atoms with Crippen LogP contribution in [-0.2, 0) is 23.6 Å². The van der Waals surface area contributed by atoms with E-state index in [-0.39, 0.29) is 5.75 Å². The zero-order valence-electron chi connectivity index (χ0n) is 9.39. The molecule has 1 saturated carbocycles. The van der Waals surface area contributed by atoms with Crippen LogP contribution in [0.1, 0.15) is 24.8 Å². The molecule has 1 fully saturated rings. The summed E-state index contributed by atoms with van der Waals surface area (Å²) in [6.45, 7) is 0.334. The standard InChI is InChI=1S/C10H17N3O2S/c1-13-8-10(6-11-13)7-12-16(14,15)5-4-9-2-3-9/h6,8-9,12H,2-5,7H2,1H3. The van der Waals surface area contributed by atoms with Gasteiger partial charge < -0.3 is 0 Å². The highest BCUT2D eigenvalue weighted by Gasteiger charge is 2.23. The second-order valence-electron chi connectivity index (χ2n) is 4.39. The lowest BCUT2D eigenvalue weighted by Crippen LogP contribution is -2.26. The lowest BCUT2D eigenvalue weighted by molar-refractivity contribution is 0.575. The molecule has 1 aromatic heterocycles. The highest BCUT2D eigenvalue weighted by atomic mass is 32.2. The Labute approximate surface area is 95.9 Å². The van der Waals surface area contributed by atoms with E-state index >= 15 is 0 Å². The molecule has 0 aromatic carbocycles. The van der Waals surface area contributed by atoms with Crippen LogP contribution in [0.4, 0.5) is 0 Å². The summed E-state index contributed by atoms with van der Waals surface area (Å²) in [4.78, 5) is 0.